The molecule has 1 saturated heterocycles. The van der Waals surface area contributed by atoms with E-state index < -0.39 is 0 Å². The molecule has 3 heterocycles. The topological polar surface area (TPSA) is 66.7 Å². The lowest BCUT2D eigenvalue weighted by Gasteiger charge is -2.17. The molecule has 6 heteroatoms. The predicted molar refractivity (Wildman–Crippen MR) is 121 cm³/mol. The fourth-order valence-corrected chi connectivity index (χ4v) is 3.97. The Kier molecular flexibility index (Phi) is 4.75. The number of nitrogens with zero attached hydrogens (tertiary/aromatic N) is 3. The first-order valence-electron chi connectivity index (χ1n) is 10.3. The van der Waals surface area contributed by atoms with Crippen molar-refractivity contribution < 1.29 is 9.59 Å². The van der Waals surface area contributed by atoms with Crippen molar-refractivity contribution >= 4 is 28.8 Å². The second-order valence-corrected chi connectivity index (χ2v) is 7.85. The van der Waals surface area contributed by atoms with Gasteiger partial charge in [0, 0.05) is 42.3 Å². The van der Waals surface area contributed by atoms with E-state index in [0.717, 1.165) is 33.8 Å². The van der Waals surface area contributed by atoms with Gasteiger partial charge in [-0.3, -0.25) is 9.59 Å². The van der Waals surface area contributed by atoms with Crippen LogP contribution in [0.1, 0.15) is 12.0 Å². The zero-order chi connectivity index (χ0) is 21.4. The van der Waals surface area contributed by atoms with Crippen molar-refractivity contribution in [1.29, 1.82) is 0 Å². The molecule has 154 valence electrons. The van der Waals surface area contributed by atoms with Gasteiger partial charge in [0.2, 0.25) is 11.8 Å². The second kappa shape index (κ2) is 7.72. The number of benzene rings is 2. The molecule has 0 saturated carbocycles. The van der Waals surface area contributed by atoms with Gasteiger partial charge in [-0.15, -0.1) is 0 Å². The van der Waals surface area contributed by atoms with E-state index >= 15 is 0 Å². The number of aromatic nitrogens is 2. The summed E-state index contributed by atoms with van der Waals surface area (Å²) in [6.45, 7) is 2.35. The van der Waals surface area contributed by atoms with Gasteiger partial charge in [0.1, 0.15) is 5.65 Å². The molecule has 0 aliphatic carbocycles. The smallest absolute Gasteiger partial charge is 0.229 e. The lowest BCUT2D eigenvalue weighted by Crippen LogP contribution is -2.28. The number of para-hydroxylation sites is 1. The van der Waals surface area contributed by atoms with E-state index in [4.69, 9.17) is 0 Å². The van der Waals surface area contributed by atoms with Crippen LogP contribution in [0.5, 0.6) is 0 Å². The standard InChI is InChI=1S/C25H22N4O2/c1-17-10-11-18(22-16-28-12-6-5-9-23(28)26-22)13-21(17)27-25(31)19-14-24(30)29(15-19)20-7-3-2-4-8-20/h2-13,16,19H,14-15H2,1H3,(H,27,31)/t19-/m0/s1. The summed E-state index contributed by atoms with van der Waals surface area (Å²) in [7, 11) is 0. The zero-order valence-electron chi connectivity index (χ0n) is 17.2. The molecule has 31 heavy (non-hydrogen) atoms. The monoisotopic (exact) mass is 410 g/mol. The number of imidazole rings is 1. The maximum Gasteiger partial charge on any atom is 0.229 e. The third-order valence-electron chi connectivity index (χ3n) is 5.72. The van der Waals surface area contributed by atoms with E-state index in [9.17, 15) is 9.59 Å². The molecular weight excluding hydrogens is 388 g/mol. The summed E-state index contributed by atoms with van der Waals surface area (Å²) in [6, 6.07) is 21.3. The van der Waals surface area contributed by atoms with E-state index in [2.05, 4.69) is 10.3 Å². The minimum atomic E-state index is -0.383. The fraction of sp³-hybridized carbons (Fsp3) is 0.160. The number of nitrogens with one attached hydrogen (secondary N) is 1. The molecule has 5 rings (SSSR count). The van der Waals surface area contributed by atoms with Crippen molar-refractivity contribution in [2.45, 2.75) is 13.3 Å². The van der Waals surface area contributed by atoms with Gasteiger partial charge in [0.05, 0.1) is 11.6 Å². The number of carbonyl (C=O) groups is 2. The molecule has 2 aromatic heterocycles. The van der Waals surface area contributed by atoms with Crippen LogP contribution in [0, 0.1) is 12.8 Å². The number of hydrogen-bond donors (Lipinski definition) is 1. The average Bonchev–Trinajstić information content (AvgIpc) is 3.39. The molecule has 0 radical (unpaired) electrons. The molecule has 2 aromatic carbocycles. The summed E-state index contributed by atoms with van der Waals surface area (Å²) in [5, 5.41) is 3.04. The van der Waals surface area contributed by atoms with E-state index in [1.165, 1.54) is 0 Å². The summed E-state index contributed by atoms with van der Waals surface area (Å²) < 4.78 is 1.97. The van der Waals surface area contributed by atoms with Crippen LogP contribution < -0.4 is 10.2 Å². The minimum absolute atomic E-state index is 0.0264. The van der Waals surface area contributed by atoms with Gasteiger partial charge in [-0.25, -0.2) is 4.98 Å². The van der Waals surface area contributed by atoms with Gasteiger partial charge in [-0.05, 0) is 42.8 Å². The van der Waals surface area contributed by atoms with E-state index in [0.29, 0.717) is 6.54 Å². The number of rotatable bonds is 4. The number of pyridine rings is 1. The molecule has 0 unspecified atom stereocenters. The molecular formula is C25H22N4O2. The molecule has 1 atom stereocenters. The second-order valence-electron chi connectivity index (χ2n) is 7.85. The molecule has 1 aliphatic heterocycles. The third-order valence-corrected chi connectivity index (χ3v) is 5.72. The maximum atomic E-state index is 13.0. The molecule has 0 spiro atoms. The Hall–Kier alpha value is -3.93. The molecule has 1 fully saturated rings. The summed E-state index contributed by atoms with van der Waals surface area (Å²) in [5.41, 5.74) is 5.17. The van der Waals surface area contributed by atoms with E-state index in [1.54, 1.807) is 4.90 Å². The molecule has 1 N–H and O–H groups in total. The highest BCUT2D eigenvalue weighted by Crippen LogP contribution is 2.28. The van der Waals surface area contributed by atoms with Crippen LogP contribution in [-0.4, -0.2) is 27.7 Å². The van der Waals surface area contributed by atoms with Crippen LogP contribution in [-0.2, 0) is 9.59 Å². The van der Waals surface area contributed by atoms with Gasteiger partial charge >= 0.3 is 0 Å². The van der Waals surface area contributed by atoms with Crippen molar-refractivity contribution in [3.63, 3.8) is 0 Å². The molecule has 0 bridgehead atoms. The summed E-state index contributed by atoms with van der Waals surface area (Å²) in [5.74, 6) is -0.547. The number of aryl methyl sites for hydroxylation is 1. The predicted octanol–water partition coefficient (Wildman–Crippen LogP) is 4.30. The van der Waals surface area contributed by atoms with Crippen LogP contribution in [0.15, 0.2) is 79.1 Å². The Labute approximate surface area is 180 Å². The largest absolute Gasteiger partial charge is 0.326 e. The minimum Gasteiger partial charge on any atom is -0.326 e. The average molecular weight is 410 g/mol. The quantitative estimate of drug-likeness (QED) is 0.545. The van der Waals surface area contributed by atoms with Crippen molar-refractivity contribution in [3.05, 3.63) is 84.7 Å². The van der Waals surface area contributed by atoms with Gasteiger partial charge in [0.25, 0.3) is 0 Å². The van der Waals surface area contributed by atoms with Gasteiger partial charge in [0.15, 0.2) is 0 Å². The first kappa shape index (κ1) is 19.1. The highest BCUT2D eigenvalue weighted by Gasteiger charge is 2.35. The number of fused-ring (bicyclic) bond motifs is 1. The number of hydrogen-bond acceptors (Lipinski definition) is 3. The van der Waals surface area contributed by atoms with Crippen molar-refractivity contribution in [1.82, 2.24) is 9.38 Å². The number of carbonyl (C=O) groups excluding carboxylic acids is 2. The highest BCUT2D eigenvalue weighted by atomic mass is 16.2. The fourth-order valence-electron chi connectivity index (χ4n) is 3.97. The molecule has 6 nitrogen and oxygen atoms in total. The maximum absolute atomic E-state index is 13.0. The molecule has 4 aromatic rings. The van der Waals surface area contributed by atoms with Gasteiger partial charge in [-0.2, -0.15) is 0 Å². The summed E-state index contributed by atoms with van der Waals surface area (Å²) in [6.07, 6.45) is 4.14. The first-order chi connectivity index (χ1) is 15.1. The molecule has 1 aliphatic rings. The normalized spacial score (nSPS) is 16.1. The Bertz CT molecular complexity index is 1250. The lowest BCUT2D eigenvalue weighted by molar-refractivity contribution is -0.122. The van der Waals surface area contributed by atoms with Gasteiger partial charge in [-0.1, -0.05) is 36.4 Å². The van der Waals surface area contributed by atoms with E-state index in [1.807, 2.05) is 90.4 Å². The van der Waals surface area contributed by atoms with Crippen LogP contribution in [0.3, 0.4) is 0 Å². The van der Waals surface area contributed by atoms with Gasteiger partial charge < -0.3 is 14.6 Å². The first-order valence-corrected chi connectivity index (χ1v) is 10.3. The highest BCUT2D eigenvalue weighted by molar-refractivity contribution is 6.03. The Morgan fingerprint density at radius 2 is 1.87 bits per heavy atom. The van der Waals surface area contributed by atoms with Crippen molar-refractivity contribution in [2.75, 3.05) is 16.8 Å². The molecule has 2 amide bonds. The summed E-state index contributed by atoms with van der Waals surface area (Å²) in [4.78, 5) is 31.8. The Morgan fingerprint density at radius 3 is 2.68 bits per heavy atom. The van der Waals surface area contributed by atoms with Crippen molar-refractivity contribution in [3.8, 4) is 11.3 Å². The zero-order valence-corrected chi connectivity index (χ0v) is 17.2. The van der Waals surface area contributed by atoms with Crippen LogP contribution in [0.2, 0.25) is 0 Å². The third kappa shape index (κ3) is 3.68. The number of amides is 2. The lowest BCUT2D eigenvalue weighted by atomic mass is 10.1. The summed E-state index contributed by atoms with van der Waals surface area (Å²) >= 11 is 0. The van der Waals surface area contributed by atoms with Crippen LogP contribution >= 0.6 is 0 Å². The Balaban J connectivity index is 1.35. The van der Waals surface area contributed by atoms with Crippen LogP contribution in [0.25, 0.3) is 16.9 Å². The van der Waals surface area contributed by atoms with E-state index in [-0.39, 0.29) is 24.2 Å². The number of anilines is 2. The SMILES string of the molecule is Cc1ccc(-c2cn3ccccc3n2)cc1NC(=O)[C@H]1CC(=O)N(c2ccccc2)C1. The van der Waals surface area contributed by atoms with Crippen LogP contribution in [0.4, 0.5) is 11.4 Å². The van der Waals surface area contributed by atoms with Crippen molar-refractivity contribution in [2.24, 2.45) is 5.92 Å². The Morgan fingerprint density at radius 1 is 1.06 bits per heavy atom.